The van der Waals surface area contributed by atoms with Crippen molar-refractivity contribution in [1.82, 2.24) is 0 Å². The first-order valence-electron chi connectivity index (χ1n) is 4.82. The molecule has 1 unspecified atom stereocenters. The standard InChI is InChI=1S/C11H14INO2/c1-8(14)6-7-11(15)13-10-5-3-2-4-9(10)12/h2-5,8,14H,6-7H2,1H3,(H,13,15). The minimum atomic E-state index is -0.425. The van der Waals surface area contributed by atoms with Crippen LogP contribution in [-0.2, 0) is 4.79 Å². The number of carbonyl (C=O) groups excluding carboxylic acids is 1. The van der Waals surface area contributed by atoms with Gasteiger partial charge in [0.1, 0.15) is 0 Å². The van der Waals surface area contributed by atoms with Gasteiger partial charge in [-0.1, -0.05) is 12.1 Å². The van der Waals surface area contributed by atoms with E-state index in [-0.39, 0.29) is 5.91 Å². The van der Waals surface area contributed by atoms with Crippen LogP contribution in [0.2, 0.25) is 0 Å². The molecule has 1 aromatic carbocycles. The Kier molecular flexibility index (Phi) is 5.04. The molecule has 0 bridgehead atoms. The summed E-state index contributed by atoms with van der Waals surface area (Å²) in [5, 5.41) is 11.8. The first kappa shape index (κ1) is 12.4. The molecule has 0 aliphatic rings. The van der Waals surface area contributed by atoms with E-state index in [1.807, 2.05) is 24.3 Å². The summed E-state index contributed by atoms with van der Waals surface area (Å²) in [7, 11) is 0. The summed E-state index contributed by atoms with van der Waals surface area (Å²) >= 11 is 2.17. The number of amides is 1. The molecule has 0 saturated heterocycles. The molecule has 1 aromatic rings. The molecular weight excluding hydrogens is 305 g/mol. The molecule has 1 rings (SSSR count). The number of rotatable bonds is 4. The van der Waals surface area contributed by atoms with Crippen LogP contribution >= 0.6 is 22.6 Å². The lowest BCUT2D eigenvalue weighted by Gasteiger charge is -2.07. The Morgan fingerprint density at radius 3 is 2.80 bits per heavy atom. The number of carbonyl (C=O) groups is 1. The van der Waals surface area contributed by atoms with Crippen LogP contribution in [0.5, 0.6) is 0 Å². The number of aliphatic hydroxyl groups excluding tert-OH is 1. The van der Waals surface area contributed by atoms with Gasteiger partial charge in [0, 0.05) is 9.99 Å². The van der Waals surface area contributed by atoms with Gasteiger partial charge < -0.3 is 10.4 Å². The fourth-order valence-electron chi connectivity index (χ4n) is 1.12. The molecular formula is C11H14INO2. The van der Waals surface area contributed by atoms with E-state index in [1.165, 1.54) is 0 Å². The van der Waals surface area contributed by atoms with Gasteiger partial charge in [0.2, 0.25) is 5.91 Å². The summed E-state index contributed by atoms with van der Waals surface area (Å²) in [6.45, 7) is 1.68. The van der Waals surface area contributed by atoms with Crippen molar-refractivity contribution in [1.29, 1.82) is 0 Å². The van der Waals surface area contributed by atoms with E-state index in [9.17, 15) is 4.79 Å². The number of nitrogens with one attached hydrogen (secondary N) is 1. The van der Waals surface area contributed by atoms with E-state index >= 15 is 0 Å². The van der Waals surface area contributed by atoms with Crippen LogP contribution in [-0.4, -0.2) is 17.1 Å². The molecule has 1 atom stereocenters. The molecule has 0 spiro atoms. The average molecular weight is 319 g/mol. The molecule has 2 N–H and O–H groups in total. The maximum absolute atomic E-state index is 11.4. The van der Waals surface area contributed by atoms with Crippen LogP contribution in [0.4, 0.5) is 5.69 Å². The smallest absolute Gasteiger partial charge is 0.224 e. The maximum atomic E-state index is 11.4. The molecule has 0 radical (unpaired) electrons. The highest BCUT2D eigenvalue weighted by atomic mass is 127. The minimum absolute atomic E-state index is 0.0555. The third-order valence-corrected chi connectivity index (χ3v) is 2.88. The van der Waals surface area contributed by atoms with Crippen molar-refractivity contribution in [2.45, 2.75) is 25.9 Å². The predicted molar refractivity (Wildman–Crippen MR) is 68.7 cm³/mol. The lowest BCUT2D eigenvalue weighted by Crippen LogP contribution is -2.14. The van der Waals surface area contributed by atoms with Gasteiger partial charge in [0.15, 0.2) is 0 Å². The molecule has 4 heteroatoms. The van der Waals surface area contributed by atoms with Gasteiger partial charge in [-0.25, -0.2) is 0 Å². The van der Waals surface area contributed by atoms with E-state index in [0.29, 0.717) is 12.8 Å². The highest BCUT2D eigenvalue weighted by Crippen LogP contribution is 2.17. The van der Waals surface area contributed by atoms with Gasteiger partial charge in [-0.15, -0.1) is 0 Å². The second-order valence-corrected chi connectivity index (χ2v) is 4.58. The van der Waals surface area contributed by atoms with Gasteiger partial charge >= 0.3 is 0 Å². The van der Waals surface area contributed by atoms with Crippen LogP contribution in [0.1, 0.15) is 19.8 Å². The van der Waals surface area contributed by atoms with Crippen molar-refractivity contribution in [2.75, 3.05) is 5.32 Å². The van der Waals surface area contributed by atoms with E-state index < -0.39 is 6.10 Å². The predicted octanol–water partition coefficient (Wildman–Crippen LogP) is 2.39. The average Bonchev–Trinajstić information content (AvgIpc) is 2.18. The fourth-order valence-corrected chi connectivity index (χ4v) is 1.64. The summed E-state index contributed by atoms with van der Waals surface area (Å²) in [6, 6.07) is 7.60. The molecule has 0 aromatic heterocycles. The SMILES string of the molecule is CC(O)CCC(=O)Nc1ccccc1I. The molecule has 0 aliphatic heterocycles. The number of para-hydroxylation sites is 1. The Balaban J connectivity index is 2.48. The van der Waals surface area contributed by atoms with Crippen LogP contribution in [0.25, 0.3) is 0 Å². The Morgan fingerprint density at radius 2 is 2.20 bits per heavy atom. The Labute approximate surface area is 103 Å². The van der Waals surface area contributed by atoms with Crippen molar-refractivity contribution in [3.05, 3.63) is 27.8 Å². The Morgan fingerprint density at radius 1 is 1.53 bits per heavy atom. The van der Waals surface area contributed by atoms with E-state index in [4.69, 9.17) is 5.11 Å². The van der Waals surface area contributed by atoms with Crippen molar-refractivity contribution >= 4 is 34.2 Å². The third-order valence-electron chi connectivity index (χ3n) is 1.94. The summed E-state index contributed by atoms with van der Waals surface area (Å²) in [5.41, 5.74) is 0.827. The maximum Gasteiger partial charge on any atom is 0.224 e. The number of anilines is 1. The lowest BCUT2D eigenvalue weighted by molar-refractivity contribution is -0.116. The number of benzene rings is 1. The Hall–Kier alpha value is -0.620. The zero-order chi connectivity index (χ0) is 11.3. The number of hydrogen-bond acceptors (Lipinski definition) is 2. The van der Waals surface area contributed by atoms with Gasteiger partial charge in [-0.2, -0.15) is 0 Å². The Bertz CT molecular complexity index is 339. The van der Waals surface area contributed by atoms with E-state index in [1.54, 1.807) is 6.92 Å². The van der Waals surface area contributed by atoms with Gasteiger partial charge in [0.05, 0.1) is 11.8 Å². The van der Waals surface area contributed by atoms with Crippen molar-refractivity contribution in [2.24, 2.45) is 0 Å². The fraction of sp³-hybridized carbons (Fsp3) is 0.364. The summed E-state index contributed by atoms with van der Waals surface area (Å²) in [4.78, 5) is 11.4. The topological polar surface area (TPSA) is 49.3 Å². The zero-order valence-corrected chi connectivity index (χ0v) is 10.7. The van der Waals surface area contributed by atoms with Crippen LogP contribution < -0.4 is 5.32 Å². The van der Waals surface area contributed by atoms with E-state index in [0.717, 1.165) is 9.26 Å². The van der Waals surface area contributed by atoms with Crippen LogP contribution in [0.15, 0.2) is 24.3 Å². The highest BCUT2D eigenvalue weighted by molar-refractivity contribution is 14.1. The van der Waals surface area contributed by atoms with Crippen LogP contribution in [0.3, 0.4) is 0 Å². The second-order valence-electron chi connectivity index (χ2n) is 3.42. The number of halogens is 1. The molecule has 0 saturated carbocycles. The summed E-state index contributed by atoms with van der Waals surface area (Å²) in [5.74, 6) is -0.0555. The van der Waals surface area contributed by atoms with Crippen molar-refractivity contribution in [3.8, 4) is 0 Å². The molecule has 82 valence electrons. The molecule has 0 fully saturated rings. The van der Waals surface area contributed by atoms with Gasteiger partial charge in [-0.05, 0) is 48.1 Å². The van der Waals surface area contributed by atoms with Gasteiger partial charge in [0.25, 0.3) is 0 Å². The van der Waals surface area contributed by atoms with Crippen LogP contribution in [0, 0.1) is 3.57 Å². The molecule has 15 heavy (non-hydrogen) atoms. The highest BCUT2D eigenvalue weighted by Gasteiger charge is 2.06. The molecule has 3 nitrogen and oxygen atoms in total. The number of hydrogen-bond donors (Lipinski definition) is 2. The summed E-state index contributed by atoms with van der Waals surface area (Å²) < 4.78 is 1.01. The summed E-state index contributed by atoms with van der Waals surface area (Å²) in [6.07, 6.45) is 0.420. The van der Waals surface area contributed by atoms with E-state index in [2.05, 4.69) is 27.9 Å². The first-order chi connectivity index (χ1) is 7.09. The van der Waals surface area contributed by atoms with Crippen molar-refractivity contribution in [3.63, 3.8) is 0 Å². The quantitative estimate of drug-likeness (QED) is 0.837. The second kappa shape index (κ2) is 6.07. The third kappa shape index (κ3) is 4.61. The lowest BCUT2D eigenvalue weighted by atomic mass is 10.2. The largest absolute Gasteiger partial charge is 0.393 e. The zero-order valence-electron chi connectivity index (χ0n) is 8.53. The van der Waals surface area contributed by atoms with Crippen molar-refractivity contribution < 1.29 is 9.90 Å². The molecule has 1 amide bonds. The first-order valence-corrected chi connectivity index (χ1v) is 5.90. The normalized spacial score (nSPS) is 12.2. The number of aliphatic hydroxyl groups is 1. The van der Waals surface area contributed by atoms with Gasteiger partial charge in [-0.3, -0.25) is 4.79 Å². The minimum Gasteiger partial charge on any atom is -0.393 e. The molecule has 0 aliphatic carbocycles. The monoisotopic (exact) mass is 319 g/mol. The molecule has 0 heterocycles.